The van der Waals surface area contributed by atoms with Gasteiger partial charge >= 0.3 is 6.18 Å². The highest BCUT2D eigenvalue weighted by molar-refractivity contribution is 7.89. The summed E-state index contributed by atoms with van der Waals surface area (Å²) in [6.07, 6.45) is -4.69. The zero-order valence-corrected chi connectivity index (χ0v) is 14.6. The van der Waals surface area contributed by atoms with Gasteiger partial charge in [0.2, 0.25) is 10.0 Å². The molecule has 0 heterocycles. The second-order valence-electron chi connectivity index (χ2n) is 5.27. The summed E-state index contributed by atoms with van der Waals surface area (Å²) < 4.78 is 79.8. The number of anilines is 1. The van der Waals surface area contributed by atoms with Gasteiger partial charge in [0, 0.05) is 11.3 Å². The molecule has 0 saturated carbocycles. The first-order valence-electron chi connectivity index (χ1n) is 7.33. The second-order valence-corrected chi connectivity index (χ2v) is 7.03. The van der Waals surface area contributed by atoms with Crippen LogP contribution in [0.5, 0.6) is 5.75 Å². The molecule has 0 radical (unpaired) electrons. The number of amides is 1. The van der Waals surface area contributed by atoms with Gasteiger partial charge in [-0.1, -0.05) is 0 Å². The Morgan fingerprint density at radius 1 is 1.11 bits per heavy atom. The van der Waals surface area contributed by atoms with E-state index in [4.69, 9.17) is 4.74 Å². The van der Waals surface area contributed by atoms with Crippen LogP contribution in [0.4, 0.5) is 23.2 Å². The van der Waals surface area contributed by atoms with E-state index in [0.29, 0.717) is 0 Å². The highest BCUT2D eigenvalue weighted by Gasteiger charge is 2.30. The first-order valence-corrected chi connectivity index (χ1v) is 8.81. The number of benzene rings is 2. The summed E-state index contributed by atoms with van der Waals surface area (Å²) >= 11 is 0. The Kier molecular flexibility index (Phi) is 6.06. The maximum absolute atomic E-state index is 13.6. The first kappa shape index (κ1) is 20.6. The largest absolute Gasteiger partial charge is 0.494 e. The van der Waals surface area contributed by atoms with E-state index in [1.54, 1.807) is 0 Å². The summed E-state index contributed by atoms with van der Waals surface area (Å²) in [6, 6.07) is 8.02. The molecule has 0 bridgehead atoms. The highest BCUT2D eigenvalue weighted by Crippen LogP contribution is 2.20. The molecule has 11 heteroatoms. The number of halogens is 4. The van der Waals surface area contributed by atoms with E-state index in [1.165, 1.54) is 36.1 Å². The highest BCUT2D eigenvalue weighted by atomic mass is 32.2. The Morgan fingerprint density at radius 2 is 1.74 bits per heavy atom. The van der Waals surface area contributed by atoms with Gasteiger partial charge in [0.05, 0.1) is 12.0 Å². The lowest BCUT2D eigenvalue weighted by Gasteiger charge is -2.10. The number of hydrogen-bond acceptors (Lipinski definition) is 4. The molecule has 1 amide bonds. The van der Waals surface area contributed by atoms with Gasteiger partial charge in [0.1, 0.15) is 6.54 Å². The number of carbonyl (C=O) groups is 1. The molecule has 0 atom stereocenters. The Labute approximate surface area is 152 Å². The predicted molar refractivity (Wildman–Crippen MR) is 88.6 cm³/mol. The molecular formula is C16H14F4N2O4S. The molecular weight excluding hydrogens is 392 g/mol. The lowest BCUT2D eigenvalue weighted by atomic mass is 10.2. The number of carbonyl (C=O) groups excluding carboxylic acids is 1. The van der Waals surface area contributed by atoms with Gasteiger partial charge in [-0.25, -0.2) is 17.5 Å². The summed E-state index contributed by atoms with van der Waals surface area (Å²) in [5.74, 6) is -1.43. The third-order valence-corrected chi connectivity index (χ3v) is 4.72. The Morgan fingerprint density at radius 3 is 2.26 bits per heavy atom. The molecule has 0 aliphatic rings. The van der Waals surface area contributed by atoms with Gasteiger partial charge in [-0.05, 0) is 42.5 Å². The van der Waals surface area contributed by atoms with E-state index in [-0.39, 0.29) is 17.0 Å². The van der Waals surface area contributed by atoms with E-state index in [0.717, 1.165) is 18.2 Å². The fourth-order valence-corrected chi connectivity index (χ4v) is 3.00. The number of sulfonamides is 1. The molecule has 2 aromatic rings. The lowest BCUT2D eigenvalue weighted by Crippen LogP contribution is -2.33. The summed E-state index contributed by atoms with van der Waals surface area (Å²) in [6.45, 7) is -1.70. The number of rotatable bonds is 6. The van der Waals surface area contributed by atoms with Crippen LogP contribution in [0.15, 0.2) is 47.4 Å². The van der Waals surface area contributed by atoms with Crippen LogP contribution in [0.2, 0.25) is 0 Å². The normalized spacial score (nSPS) is 11.9. The van der Waals surface area contributed by atoms with Crippen LogP contribution in [-0.2, 0) is 10.0 Å². The van der Waals surface area contributed by atoms with Crippen molar-refractivity contribution in [1.82, 2.24) is 4.72 Å². The van der Waals surface area contributed by atoms with Crippen molar-refractivity contribution in [1.29, 1.82) is 0 Å². The zero-order valence-electron chi connectivity index (χ0n) is 13.8. The number of ether oxygens (including phenoxy) is 1. The summed E-state index contributed by atoms with van der Waals surface area (Å²) in [7, 11) is -3.08. The minimum absolute atomic E-state index is 0.00292. The van der Waals surface area contributed by atoms with E-state index in [9.17, 15) is 30.8 Å². The smallest absolute Gasteiger partial charge is 0.402 e. The van der Waals surface area contributed by atoms with Crippen LogP contribution in [0.3, 0.4) is 0 Å². The van der Waals surface area contributed by atoms with Crippen molar-refractivity contribution in [3.8, 4) is 5.75 Å². The first-order chi connectivity index (χ1) is 12.5. The summed E-state index contributed by atoms with van der Waals surface area (Å²) in [5, 5.41) is 2.42. The quantitative estimate of drug-likeness (QED) is 0.723. The van der Waals surface area contributed by atoms with E-state index in [1.807, 2.05) is 0 Å². The van der Waals surface area contributed by atoms with Gasteiger partial charge in [-0.3, -0.25) is 4.79 Å². The SMILES string of the molecule is COc1ccc(C(=O)Nc2ccc(S(=O)(=O)NCC(F)(F)F)cc2)cc1F. The van der Waals surface area contributed by atoms with E-state index >= 15 is 0 Å². The van der Waals surface area contributed by atoms with Crippen molar-refractivity contribution >= 4 is 21.6 Å². The number of alkyl halides is 3. The Balaban J connectivity index is 2.09. The van der Waals surface area contributed by atoms with Crippen molar-refractivity contribution in [2.75, 3.05) is 19.0 Å². The number of hydrogen-bond donors (Lipinski definition) is 2. The van der Waals surface area contributed by atoms with Crippen molar-refractivity contribution < 1.29 is 35.5 Å². The summed E-state index contributed by atoms with van der Waals surface area (Å²) in [4.78, 5) is 11.7. The molecule has 0 saturated heterocycles. The molecule has 0 spiro atoms. The van der Waals surface area contributed by atoms with Crippen molar-refractivity contribution in [2.24, 2.45) is 0 Å². The third-order valence-electron chi connectivity index (χ3n) is 3.30. The van der Waals surface area contributed by atoms with Gasteiger partial charge in [0.25, 0.3) is 5.91 Å². The minimum atomic E-state index is -4.69. The van der Waals surface area contributed by atoms with Crippen LogP contribution in [0.1, 0.15) is 10.4 Å². The maximum Gasteiger partial charge on any atom is 0.402 e. The molecule has 6 nitrogen and oxygen atoms in total. The van der Waals surface area contributed by atoms with Crippen molar-refractivity contribution in [2.45, 2.75) is 11.1 Å². The molecule has 0 unspecified atom stereocenters. The van der Waals surface area contributed by atoms with Crippen LogP contribution < -0.4 is 14.8 Å². The molecule has 146 valence electrons. The average Bonchev–Trinajstić information content (AvgIpc) is 2.60. The van der Waals surface area contributed by atoms with Crippen molar-refractivity contribution in [3.05, 3.63) is 53.8 Å². The molecule has 2 aromatic carbocycles. The van der Waals surface area contributed by atoms with Gasteiger partial charge in [0.15, 0.2) is 11.6 Å². The monoisotopic (exact) mass is 406 g/mol. The van der Waals surface area contributed by atoms with Crippen LogP contribution in [0.25, 0.3) is 0 Å². The molecule has 2 N–H and O–H groups in total. The standard InChI is InChI=1S/C16H14F4N2O4S/c1-26-14-7-2-10(8-13(14)17)15(23)22-11-3-5-12(6-4-11)27(24,25)21-9-16(18,19)20/h2-8,21H,9H2,1H3,(H,22,23). The number of methoxy groups -OCH3 is 1. The van der Waals surface area contributed by atoms with Crippen LogP contribution >= 0.6 is 0 Å². The molecule has 27 heavy (non-hydrogen) atoms. The van der Waals surface area contributed by atoms with Crippen LogP contribution in [-0.4, -0.2) is 34.2 Å². The molecule has 0 fully saturated rings. The lowest BCUT2D eigenvalue weighted by molar-refractivity contribution is -0.121. The van der Waals surface area contributed by atoms with E-state index in [2.05, 4.69) is 5.32 Å². The van der Waals surface area contributed by atoms with Gasteiger partial charge in [-0.2, -0.15) is 13.2 Å². The van der Waals surface area contributed by atoms with Crippen LogP contribution in [0, 0.1) is 5.82 Å². The van der Waals surface area contributed by atoms with Gasteiger partial charge in [-0.15, -0.1) is 0 Å². The molecule has 0 aliphatic heterocycles. The Bertz CT molecular complexity index is 928. The fraction of sp³-hybridized carbons (Fsp3) is 0.188. The predicted octanol–water partition coefficient (Wildman–Crippen LogP) is 2.93. The summed E-state index contributed by atoms with van der Waals surface area (Å²) in [5.41, 5.74) is 0.169. The fourth-order valence-electron chi connectivity index (χ4n) is 1.99. The van der Waals surface area contributed by atoms with Crippen molar-refractivity contribution in [3.63, 3.8) is 0 Å². The maximum atomic E-state index is 13.6. The molecule has 2 rings (SSSR count). The zero-order chi connectivity index (χ0) is 20.2. The van der Waals surface area contributed by atoms with E-state index < -0.39 is 39.4 Å². The molecule has 0 aromatic heterocycles. The molecule has 0 aliphatic carbocycles. The topological polar surface area (TPSA) is 84.5 Å². The number of nitrogens with one attached hydrogen (secondary N) is 2. The second kappa shape index (κ2) is 7.92. The van der Waals surface area contributed by atoms with Gasteiger partial charge < -0.3 is 10.1 Å². The minimum Gasteiger partial charge on any atom is -0.494 e. The Hall–Kier alpha value is -2.66. The third kappa shape index (κ3) is 5.66. The average molecular weight is 406 g/mol.